The number of thiocarbonyl (C=S) groups is 1. The van der Waals surface area contributed by atoms with Crippen molar-refractivity contribution in [1.29, 1.82) is 0 Å². The van der Waals surface area contributed by atoms with Crippen LogP contribution in [0.4, 0.5) is 4.79 Å². The second-order valence-corrected chi connectivity index (χ2v) is 6.25. The van der Waals surface area contributed by atoms with E-state index in [-0.39, 0.29) is 12.1 Å². The molecule has 0 bridgehead atoms. The van der Waals surface area contributed by atoms with Crippen molar-refractivity contribution in [2.24, 2.45) is 5.92 Å². The van der Waals surface area contributed by atoms with Crippen molar-refractivity contribution in [1.82, 2.24) is 10.6 Å². The van der Waals surface area contributed by atoms with Gasteiger partial charge >= 0.3 is 6.09 Å². The molecule has 0 aromatic carbocycles. The van der Waals surface area contributed by atoms with Crippen molar-refractivity contribution in [3.8, 4) is 0 Å². The fraction of sp³-hybridized carbons (Fsp3) is 0.846. The van der Waals surface area contributed by atoms with Gasteiger partial charge in [0.1, 0.15) is 5.60 Å². The molecule has 0 aromatic rings. The summed E-state index contributed by atoms with van der Waals surface area (Å²) >= 11 is 5.25. The van der Waals surface area contributed by atoms with Crippen LogP contribution < -0.4 is 10.6 Å². The second kappa shape index (κ2) is 6.36. The van der Waals surface area contributed by atoms with E-state index in [1.54, 1.807) is 0 Å². The van der Waals surface area contributed by atoms with Gasteiger partial charge in [-0.1, -0.05) is 12.2 Å². The SMILES string of the molecule is CNC(=S)[C@H]1CC[C@H](NC(=O)OC(C)(C)C)CC1. The first-order valence-corrected chi connectivity index (χ1v) is 6.94. The molecule has 0 atom stereocenters. The number of carbonyl (C=O) groups is 1. The Morgan fingerprint density at radius 2 is 1.78 bits per heavy atom. The van der Waals surface area contributed by atoms with Crippen molar-refractivity contribution in [2.45, 2.75) is 58.1 Å². The highest BCUT2D eigenvalue weighted by Crippen LogP contribution is 2.25. The normalized spacial score (nSPS) is 24.2. The lowest BCUT2D eigenvalue weighted by molar-refractivity contribution is 0.0491. The third-order valence-electron chi connectivity index (χ3n) is 3.07. The molecule has 0 aliphatic heterocycles. The summed E-state index contributed by atoms with van der Waals surface area (Å²) in [5, 5.41) is 5.97. The highest BCUT2D eigenvalue weighted by Gasteiger charge is 2.26. The molecule has 18 heavy (non-hydrogen) atoms. The standard InChI is InChI=1S/C13H24N2O2S/c1-13(2,3)17-12(16)15-10-7-5-9(6-8-10)11(18)14-4/h9-10H,5-8H2,1-4H3,(H,14,18)(H,15,16)/t9-,10-. The van der Waals surface area contributed by atoms with Gasteiger partial charge in [0, 0.05) is 19.0 Å². The maximum atomic E-state index is 11.6. The lowest BCUT2D eigenvalue weighted by atomic mass is 9.86. The summed E-state index contributed by atoms with van der Waals surface area (Å²) in [5.74, 6) is 0.460. The van der Waals surface area contributed by atoms with Crippen molar-refractivity contribution in [3.63, 3.8) is 0 Å². The molecule has 4 nitrogen and oxygen atoms in total. The number of amides is 1. The third-order valence-corrected chi connectivity index (χ3v) is 3.60. The molecule has 0 aromatic heterocycles. The van der Waals surface area contributed by atoms with E-state index in [0.29, 0.717) is 5.92 Å². The van der Waals surface area contributed by atoms with Crippen LogP contribution >= 0.6 is 12.2 Å². The number of alkyl carbamates (subject to hydrolysis) is 1. The quantitative estimate of drug-likeness (QED) is 0.759. The van der Waals surface area contributed by atoms with E-state index in [0.717, 1.165) is 30.7 Å². The number of rotatable bonds is 2. The molecule has 1 fully saturated rings. The fourth-order valence-corrected chi connectivity index (χ4v) is 2.41. The van der Waals surface area contributed by atoms with Crippen molar-refractivity contribution in [2.75, 3.05) is 7.05 Å². The van der Waals surface area contributed by atoms with Gasteiger partial charge in [-0.2, -0.15) is 0 Å². The van der Waals surface area contributed by atoms with Crippen molar-refractivity contribution in [3.05, 3.63) is 0 Å². The molecule has 5 heteroatoms. The molecule has 1 aliphatic rings. The Morgan fingerprint density at radius 3 is 2.22 bits per heavy atom. The monoisotopic (exact) mass is 272 g/mol. The van der Waals surface area contributed by atoms with Crippen LogP contribution in [-0.2, 0) is 4.74 Å². The molecule has 2 N–H and O–H groups in total. The van der Waals surface area contributed by atoms with E-state index in [1.807, 2.05) is 27.8 Å². The molecule has 0 heterocycles. The van der Waals surface area contributed by atoms with Crippen LogP contribution in [0.25, 0.3) is 0 Å². The van der Waals surface area contributed by atoms with Crippen molar-refractivity contribution < 1.29 is 9.53 Å². The average Bonchev–Trinajstić information content (AvgIpc) is 2.26. The van der Waals surface area contributed by atoms with Crippen LogP contribution in [0.3, 0.4) is 0 Å². The first kappa shape index (κ1) is 15.2. The largest absolute Gasteiger partial charge is 0.444 e. The summed E-state index contributed by atoms with van der Waals surface area (Å²) in [5.41, 5.74) is -0.436. The van der Waals surface area contributed by atoms with E-state index in [9.17, 15) is 4.79 Å². The van der Waals surface area contributed by atoms with E-state index in [4.69, 9.17) is 17.0 Å². The van der Waals surface area contributed by atoms with Gasteiger partial charge in [0.05, 0.1) is 4.99 Å². The average molecular weight is 272 g/mol. The van der Waals surface area contributed by atoms with Crippen LogP contribution in [0.2, 0.25) is 0 Å². The molecular formula is C13H24N2O2S. The predicted molar refractivity (Wildman–Crippen MR) is 76.8 cm³/mol. The van der Waals surface area contributed by atoms with E-state index in [2.05, 4.69) is 10.6 Å². The van der Waals surface area contributed by atoms with Gasteiger partial charge < -0.3 is 15.4 Å². The van der Waals surface area contributed by atoms with Gasteiger partial charge in [0.25, 0.3) is 0 Å². The zero-order chi connectivity index (χ0) is 13.8. The van der Waals surface area contributed by atoms with Crippen LogP contribution in [0, 0.1) is 5.92 Å². The van der Waals surface area contributed by atoms with Crippen LogP contribution in [0.1, 0.15) is 46.5 Å². The van der Waals surface area contributed by atoms with Gasteiger partial charge in [-0.25, -0.2) is 4.79 Å². The number of ether oxygens (including phenoxy) is 1. The predicted octanol–water partition coefficient (Wildman–Crippen LogP) is 2.62. The summed E-state index contributed by atoms with van der Waals surface area (Å²) < 4.78 is 5.25. The zero-order valence-corrected chi connectivity index (χ0v) is 12.5. The molecule has 0 spiro atoms. The summed E-state index contributed by atoms with van der Waals surface area (Å²) in [4.78, 5) is 12.6. The van der Waals surface area contributed by atoms with E-state index >= 15 is 0 Å². The summed E-state index contributed by atoms with van der Waals surface area (Å²) in [7, 11) is 1.87. The minimum absolute atomic E-state index is 0.218. The summed E-state index contributed by atoms with van der Waals surface area (Å²) in [6.45, 7) is 5.61. The van der Waals surface area contributed by atoms with Crippen LogP contribution in [0.5, 0.6) is 0 Å². The smallest absolute Gasteiger partial charge is 0.407 e. The van der Waals surface area contributed by atoms with Crippen molar-refractivity contribution >= 4 is 23.3 Å². The number of hydrogen-bond acceptors (Lipinski definition) is 3. The number of carbonyl (C=O) groups excluding carboxylic acids is 1. The lowest BCUT2D eigenvalue weighted by Gasteiger charge is -2.30. The first-order valence-electron chi connectivity index (χ1n) is 6.53. The highest BCUT2D eigenvalue weighted by molar-refractivity contribution is 7.80. The molecular weight excluding hydrogens is 248 g/mol. The Hall–Kier alpha value is -0.840. The van der Waals surface area contributed by atoms with Gasteiger partial charge in [0.15, 0.2) is 0 Å². The topological polar surface area (TPSA) is 50.4 Å². The lowest BCUT2D eigenvalue weighted by Crippen LogP contribution is -2.42. The second-order valence-electron chi connectivity index (χ2n) is 5.81. The Kier molecular flexibility index (Phi) is 5.38. The maximum Gasteiger partial charge on any atom is 0.407 e. The molecule has 1 rings (SSSR count). The molecule has 0 saturated heterocycles. The Morgan fingerprint density at radius 1 is 1.22 bits per heavy atom. The Bertz CT molecular complexity index is 305. The molecule has 0 unspecified atom stereocenters. The summed E-state index contributed by atoms with van der Waals surface area (Å²) in [6.07, 6.45) is 3.67. The van der Waals surface area contributed by atoms with Crippen LogP contribution in [0.15, 0.2) is 0 Å². The van der Waals surface area contributed by atoms with Gasteiger partial charge in [-0.3, -0.25) is 0 Å². The Labute approximate surface area is 115 Å². The minimum Gasteiger partial charge on any atom is -0.444 e. The first-order chi connectivity index (χ1) is 8.31. The molecule has 104 valence electrons. The number of hydrogen-bond donors (Lipinski definition) is 2. The summed E-state index contributed by atoms with van der Waals surface area (Å²) in [6, 6.07) is 0.218. The molecule has 1 amide bonds. The maximum absolute atomic E-state index is 11.6. The molecule has 0 radical (unpaired) electrons. The Balaban J connectivity index is 2.31. The highest BCUT2D eigenvalue weighted by atomic mass is 32.1. The van der Waals surface area contributed by atoms with Gasteiger partial charge in [0.2, 0.25) is 0 Å². The minimum atomic E-state index is -0.436. The van der Waals surface area contributed by atoms with E-state index < -0.39 is 5.60 Å². The van der Waals surface area contributed by atoms with Gasteiger partial charge in [-0.15, -0.1) is 0 Å². The molecule has 1 saturated carbocycles. The van der Waals surface area contributed by atoms with E-state index in [1.165, 1.54) is 0 Å². The van der Waals surface area contributed by atoms with Gasteiger partial charge in [-0.05, 0) is 46.5 Å². The fourth-order valence-electron chi connectivity index (χ4n) is 2.18. The number of nitrogens with one attached hydrogen (secondary N) is 2. The molecule has 1 aliphatic carbocycles. The van der Waals surface area contributed by atoms with Crippen LogP contribution in [-0.4, -0.2) is 29.8 Å². The third kappa shape index (κ3) is 5.21. The zero-order valence-electron chi connectivity index (χ0n) is 11.7.